The average Bonchev–Trinajstić information content (AvgIpc) is 3.10. The quantitative estimate of drug-likeness (QED) is 0.748. The number of rotatable bonds is 8. The Bertz CT molecular complexity index is 730. The van der Waals surface area contributed by atoms with E-state index in [0.29, 0.717) is 25.9 Å². The highest BCUT2D eigenvalue weighted by Crippen LogP contribution is 2.13. The average molecular weight is 376 g/mol. The van der Waals surface area contributed by atoms with Gasteiger partial charge in [-0.15, -0.1) is 5.10 Å². The molecule has 1 atom stereocenters. The van der Waals surface area contributed by atoms with Crippen LogP contribution in [0.2, 0.25) is 0 Å². The second kappa shape index (κ2) is 9.52. The molecule has 1 N–H and O–H groups in total. The third-order valence-electron chi connectivity index (χ3n) is 4.60. The summed E-state index contributed by atoms with van der Waals surface area (Å²) >= 11 is 0. The Kier molecular flexibility index (Phi) is 6.83. The number of nitrogens with one attached hydrogen (secondary N) is 1. The highest BCUT2D eigenvalue weighted by molar-refractivity contribution is 5.76. The van der Waals surface area contributed by atoms with Gasteiger partial charge < -0.3 is 10.1 Å². The van der Waals surface area contributed by atoms with E-state index in [9.17, 15) is 9.18 Å². The van der Waals surface area contributed by atoms with E-state index in [1.165, 1.54) is 12.1 Å². The van der Waals surface area contributed by atoms with Crippen LogP contribution in [-0.4, -0.2) is 57.3 Å². The zero-order valence-electron chi connectivity index (χ0n) is 15.5. The molecule has 2 heterocycles. The van der Waals surface area contributed by atoms with E-state index in [0.717, 1.165) is 37.7 Å². The van der Waals surface area contributed by atoms with E-state index in [1.807, 2.05) is 6.92 Å². The first-order chi connectivity index (χ1) is 13.1. The number of aryl methyl sites for hydroxylation is 1. The smallest absolute Gasteiger partial charge is 0.220 e. The van der Waals surface area contributed by atoms with Gasteiger partial charge in [-0.1, -0.05) is 12.1 Å². The summed E-state index contributed by atoms with van der Waals surface area (Å²) in [5.74, 6) is 0.471. The molecule has 146 valence electrons. The Morgan fingerprint density at radius 2 is 2.04 bits per heavy atom. The molecule has 9 heteroatoms. The maximum Gasteiger partial charge on any atom is 0.220 e. The van der Waals surface area contributed by atoms with Gasteiger partial charge in [0.2, 0.25) is 5.91 Å². The minimum atomic E-state index is -0.286. The van der Waals surface area contributed by atoms with E-state index in [4.69, 9.17) is 4.74 Å². The molecule has 27 heavy (non-hydrogen) atoms. The number of hydrogen-bond donors (Lipinski definition) is 1. The normalized spacial score (nSPS) is 16.2. The highest BCUT2D eigenvalue weighted by Gasteiger charge is 2.15. The Morgan fingerprint density at radius 1 is 1.30 bits per heavy atom. The van der Waals surface area contributed by atoms with Crippen LogP contribution in [0.15, 0.2) is 24.3 Å². The number of nitrogens with zero attached hydrogens (tertiary/aromatic N) is 5. The van der Waals surface area contributed by atoms with E-state index >= 15 is 0 Å². The minimum absolute atomic E-state index is 0.0466. The topological polar surface area (TPSA) is 85.2 Å². The van der Waals surface area contributed by atoms with Crippen LogP contribution < -0.4 is 5.32 Å². The van der Waals surface area contributed by atoms with Crippen molar-refractivity contribution in [1.82, 2.24) is 30.4 Å². The van der Waals surface area contributed by atoms with E-state index in [1.54, 1.807) is 16.8 Å². The van der Waals surface area contributed by atoms with Crippen LogP contribution in [0.4, 0.5) is 4.39 Å². The number of amides is 1. The fourth-order valence-electron chi connectivity index (χ4n) is 3.01. The number of ether oxygens (including phenoxy) is 1. The largest absolute Gasteiger partial charge is 0.379 e. The van der Waals surface area contributed by atoms with Gasteiger partial charge in [-0.05, 0) is 41.5 Å². The third kappa shape index (κ3) is 5.80. The predicted octanol–water partition coefficient (Wildman–Crippen LogP) is 1.30. The zero-order valence-corrected chi connectivity index (χ0v) is 15.5. The van der Waals surface area contributed by atoms with Crippen LogP contribution >= 0.6 is 0 Å². The number of tetrazole rings is 1. The molecule has 1 fully saturated rings. The van der Waals surface area contributed by atoms with Gasteiger partial charge in [0.1, 0.15) is 5.82 Å². The van der Waals surface area contributed by atoms with Crippen LogP contribution in [0, 0.1) is 5.82 Å². The number of carbonyl (C=O) groups excluding carboxylic acids is 1. The molecule has 8 nitrogen and oxygen atoms in total. The number of carbonyl (C=O) groups is 1. The van der Waals surface area contributed by atoms with Crippen molar-refractivity contribution in [3.63, 3.8) is 0 Å². The summed E-state index contributed by atoms with van der Waals surface area (Å²) in [6.45, 7) is 6.36. The first kappa shape index (κ1) is 19.4. The van der Waals surface area contributed by atoms with Crippen molar-refractivity contribution in [2.24, 2.45) is 0 Å². The van der Waals surface area contributed by atoms with Crippen LogP contribution in [0.5, 0.6) is 0 Å². The molecule has 0 radical (unpaired) electrons. The summed E-state index contributed by atoms with van der Waals surface area (Å²) in [5.41, 5.74) is 0.873. The molecule has 1 aliphatic rings. The van der Waals surface area contributed by atoms with Gasteiger partial charge in [0.15, 0.2) is 5.82 Å². The summed E-state index contributed by atoms with van der Waals surface area (Å²) in [5, 5.41) is 14.8. The lowest BCUT2D eigenvalue weighted by atomic mass is 10.1. The lowest BCUT2D eigenvalue weighted by Gasteiger charge is -2.25. The number of halogens is 1. The SMILES string of the molecule is C[C@@H](NC(=O)CCCn1nnnc1CN1CCOCC1)c1ccc(F)cc1. The molecule has 3 rings (SSSR count). The summed E-state index contributed by atoms with van der Waals surface area (Å²) < 4.78 is 20.1. The van der Waals surface area contributed by atoms with Gasteiger partial charge >= 0.3 is 0 Å². The lowest BCUT2D eigenvalue weighted by Crippen LogP contribution is -2.36. The van der Waals surface area contributed by atoms with Crippen molar-refractivity contribution in [3.05, 3.63) is 41.5 Å². The Morgan fingerprint density at radius 3 is 2.78 bits per heavy atom. The minimum Gasteiger partial charge on any atom is -0.379 e. The van der Waals surface area contributed by atoms with E-state index in [-0.39, 0.29) is 17.8 Å². The van der Waals surface area contributed by atoms with Gasteiger partial charge in [0.25, 0.3) is 0 Å². The number of hydrogen-bond acceptors (Lipinski definition) is 6. The maximum atomic E-state index is 13.0. The van der Waals surface area contributed by atoms with E-state index in [2.05, 4.69) is 25.7 Å². The second-order valence-electron chi connectivity index (χ2n) is 6.65. The molecule has 1 amide bonds. The summed E-state index contributed by atoms with van der Waals surface area (Å²) in [4.78, 5) is 14.4. The fraction of sp³-hybridized carbons (Fsp3) is 0.556. The van der Waals surface area contributed by atoms with Crippen LogP contribution in [-0.2, 0) is 22.6 Å². The Labute approximate surface area is 157 Å². The van der Waals surface area contributed by atoms with Gasteiger partial charge in [0.05, 0.1) is 25.8 Å². The van der Waals surface area contributed by atoms with Crippen LogP contribution in [0.1, 0.15) is 37.2 Å². The maximum absolute atomic E-state index is 13.0. The molecule has 0 saturated carbocycles. The molecular weight excluding hydrogens is 351 g/mol. The standard InChI is InChI=1S/C18H25FN6O2/c1-14(15-4-6-16(19)7-5-15)20-18(26)3-2-8-25-17(21-22-23-25)13-24-9-11-27-12-10-24/h4-7,14H,2-3,8-13H2,1H3,(H,20,26)/t14-/m1/s1. The van der Waals surface area contributed by atoms with E-state index < -0.39 is 0 Å². The van der Waals surface area contributed by atoms with Crippen molar-refractivity contribution >= 4 is 5.91 Å². The van der Waals surface area contributed by atoms with Crippen molar-refractivity contribution in [2.75, 3.05) is 26.3 Å². The van der Waals surface area contributed by atoms with Crippen molar-refractivity contribution in [3.8, 4) is 0 Å². The van der Waals surface area contributed by atoms with Crippen molar-refractivity contribution < 1.29 is 13.9 Å². The molecular formula is C18H25FN6O2. The zero-order chi connectivity index (χ0) is 19.1. The van der Waals surface area contributed by atoms with Gasteiger partial charge in [-0.2, -0.15) is 0 Å². The molecule has 1 aliphatic heterocycles. The van der Waals surface area contributed by atoms with Crippen molar-refractivity contribution in [2.45, 2.75) is 38.9 Å². The molecule has 1 saturated heterocycles. The summed E-state index contributed by atoms with van der Waals surface area (Å²) in [7, 11) is 0. The monoisotopic (exact) mass is 376 g/mol. The van der Waals surface area contributed by atoms with Crippen molar-refractivity contribution in [1.29, 1.82) is 0 Å². The van der Waals surface area contributed by atoms with Crippen LogP contribution in [0.25, 0.3) is 0 Å². The summed E-state index contributed by atoms with van der Waals surface area (Å²) in [6, 6.07) is 5.98. The number of benzene rings is 1. The van der Waals surface area contributed by atoms with Gasteiger partial charge in [-0.3, -0.25) is 9.69 Å². The first-order valence-electron chi connectivity index (χ1n) is 9.22. The third-order valence-corrected chi connectivity index (χ3v) is 4.60. The van der Waals surface area contributed by atoms with Gasteiger partial charge in [0, 0.05) is 26.1 Å². The molecule has 2 aromatic rings. The summed E-state index contributed by atoms with van der Waals surface area (Å²) in [6.07, 6.45) is 1.02. The fourth-order valence-corrected chi connectivity index (χ4v) is 3.01. The highest BCUT2D eigenvalue weighted by atomic mass is 19.1. The molecule has 0 spiro atoms. The Balaban J connectivity index is 1.42. The molecule has 0 aliphatic carbocycles. The molecule has 1 aromatic heterocycles. The number of aromatic nitrogens is 4. The molecule has 0 bridgehead atoms. The lowest BCUT2D eigenvalue weighted by molar-refractivity contribution is -0.121. The second-order valence-corrected chi connectivity index (χ2v) is 6.65. The Hall–Kier alpha value is -2.39. The van der Waals surface area contributed by atoms with Gasteiger partial charge in [-0.25, -0.2) is 9.07 Å². The molecule has 1 aromatic carbocycles. The number of morpholine rings is 1. The first-order valence-corrected chi connectivity index (χ1v) is 9.22. The molecule has 0 unspecified atom stereocenters. The van der Waals surface area contributed by atoms with Crippen LogP contribution in [0.3, 0.4) is 0 Å². The predicted molar refractivity (Wildman–Crippen MR) is 96.1 cm³/mol.